The molecule has 3 aromatic rings. The molecule has 0 saturated carbocycles. The van der Waals surface area contributed by atoms with Crippen LogP contribution < -0.4 is 20.6 Å². The van der Waals surface area contributed by atoms with E-state index in [1.165, 1.54) is 19.3 Å². The van der Waals surface area contributed by atoms with Crippen molar-refractivity contribution in [3.05, 3.63) is 99.0 Å². The van der Waals surface area contributed by atoms with Crippen LogP contribution in [0.1, 0.15) is 49.9 Å². The average molecular weight is 578 g/mol. The lowest BCUT2D eigenvalue weighted by molar-refractivity contribution is -0.116. The average Bonchev–Trinajstić information content (AvgIpc) is 2.92. The van der Waals surface area contributed by atoms with Gasteiger partial charge in [0.1, 0.15) is 18.1 Å². The molecule has 0 aromatic heterocycles. The normalized spacial score (nSPS) is 16.3. The van der Waals surface area contributed by atoms with Crippen LogP contribution in [0.2, 0.25) is 0 Å². The molecule has 8 heteroatoms. The van der Waals surface area contributed by atoms with Crippen LogP contribution in [0, 0.1) is 0 Å². The van der Waals surface area contributed by atoms with E-state index in [-0.39, 0.29) is 5.91 Å². The van der Waals surface area contributed by atoms with Crippen molar-refractivity contribution in [1.82, 2.24) is 10.3 Å². The third kappa shape index (κ3) is 5.91. The molecule has 1 amide bonds. The summed E-state index contributed by atoms with van der Waals surface area (Å²) in [6.07, 6.45) is 4.23. The van der Waals surface area contributed by atoms with Crippen LogP contribution in [0.4, 0.5) is 0 Å². The zero-order valence-electron chi connectivity index (χ0n) is 20.7. The molecule has 37 heavy (non-hydrogen) atoms. The van der Waals surface area contributed by atoms with Crippen LogP contribution in [0.5, 0.6) is 5.75 Å². The van der Waals surface area contributed by atoms with Gasteiger partial charge in [0, 0.05) is 11.0 Å². The molecule has 6 nitrogen and oxygen atoms in total. The molecule has 0 radical (unpaired) electrons. The Kier molecular flexibility index (Phi) is 8.26. The molecule has 2 heterocycles. The maximum absolute atomic E-state index is 13.3. The minimum absolute atomic E-state index is 0.153. The van der Waals surface area contributed by atoms with Crippen LogP contribution in [-0.2, 0) is 11.4 Å². The summed E-state index contributed by atoms with van der Waals surface area (Å²) in [5, 5.41) is 11.8. The number of benzene rings is 3. The maximum Gasteiger partial charge on any atom is 0.276 e. The van der Waals surface area contributed by atoms with Crippen molar-refractivity contribution >= 4 is 44.5 Å². The minimum Gasteiger partial charge on any atom is -0.488 e. The molecule has 0 unspecified atom stereocenters. The third-order valence-electron chi connectivity index (χ3n) is 6.24. The lowest BCUT2D eigenvalue weighted by atomic mass is 10.1. The van der Waals surface area contributed by atoms with E-state index in [0.717, 1.165) is 44.1 Å². The number of amidine groups is 1. The zero-order chi connectivity index (χ0) is 25.6. The highest BCUT2D eigenvalue weighted by Gasteiger charge is 2.34. The molecule has 1 N–H and O–H groups in total. The molecule has 0 bridgehead atoms. The molecule has 2 aliphatic heterocycles. The molecule has 0 aliphatic carbocycles. The van der Waals surface area contributed by atoms with E-state index in [1.807, 2.05) is 72.8 Å². The number of carbonyl (C=O) groups excluding carboxylic acids is 1. The van der Waals surface area contributed by atoms with Crippen molar-refractivity contribution in [3.63, 3.8) is 0 Å². The molecule has 1 atom stereocenters. The standard InChI is InChI=1S/C29H29BrN4O2S/c1-2-3-4-10-17-37-29-32-28(35)26-22-13-8-9-14-24(22)31-27(34(26)33-29)21-15-16-25(23(30)18-21)36-19-20-11-6-5-7-12-20/h5-9,11-16,18,27H,2-4,10,17,19H2,1H3,(H,32,33,35)/t27-/m0/s1. The van der Waals surface area contributed by atoms with Gasteiger partial charge < -0.3 is 4.74 Å². The van der Waals surface area contributed by atoms with Gasteiger partial charge in [-0.25, -0.2) is 5.01 Å². The number of ether oxygens (including phenoxy) is 1. The molecule has 0 saturated heterocycles. The number of hydrogen-bond acceptors (Lipinski definition) is 6. The second-order valence-electron chi connectivity index (χ2n) is 8.95. The first kappa shape index (κ1) is 25.5. The van der Waals surface area contributed by atoms with E-state index < -0.39 is 6.17 Å². The Labute approximate surface area is 229 Å². The fourth-order valence-corrected chi connectivity index (χ4v) is 5.70. The van der Waals surface area contributed by atoms with E-state index in [2.05, 4.69) is 28.2 Å². The Bertz CT molecular complexity index is 1430. The monoisotopic (exact) mass is 576 g/mol. The summed E-state index contributed by atoms with van der Waals surface area (Å²) in [5.74, 6) is 1.51. The summed E-state index contributed by atoms with van der Waals surface area (Å²) < 4.78 is 6.87. The smallest absolute Gasteiger partial charge is 0.276 e. The number of carbonyl (C=O) groups is 1. The van der Waals surface area contributed by atoms with E-state index >= 15 is 0 Å². The predicted molar refractivity (Wildman–Crippen MR) is 152 cm³/mol. The number of halogens is 1. The Balaban J connectivity index is 1.43. The van der Waals surface area contributed by atoms with Gasteiger partial charge in [0.25, 0.3) is 5.91 Å². The Hall–Kier alpha value is -3.10. The van der Waals surface area contributed by atoms with Crippen LogP contribution in [-0.4, -0.2) is 21.8 Å². The number of rotatable bonds is 9. The number of nitrogens with zero attached hydrogens (tertiary/aromatic N) is 3. The van der Waals surface area contributed by atoms with Crippen molar-refractivity contribution in [1.29, 1.82) is 0 Å². The van der Waals surface area contributed by atoms with Crippen molar-refractivity contribution in [2.24, 2.45) is 10.1 Å². The zero-order valence-corrected chi connectivity index (χ0v) is 23.1. The van der Waals surface area contributed by atoms with Crippen molar-refractivity contribution in [3.8, 4) is 5.75 Å². The maximum atomic E-state index is 13.3. The number of amides is 1. The van der Waals surface area contributed by atoms with Gasteiger partial charge in [-0.2, -0.15) is 0 Å². The summed E-state index contributed by atoms with van der Waals surface area (Å²) in [6.45, 7) is 2.68. The topological polar surface area (TPSA) is 66.3 Å². The second-order valence-corrected chi connectivity index (χ2v) is 10.9. The number of unbranched alkanes of at least 4 members (excludes halogenated alkanes) is 3. The fraction of sp³-hybridized carbons (Fsp3) is 0.276. The molecular weight excluding hydrogens is 548 g/mol. The van der Waals surface area contributed by atoms with Gasteiger partial charge in [-0.3, -0.25) is 15.1 Å². The van der Waals surface area contributed by atoms with Gasteiger partial charge >= 0.3 is 0 Å². The van der Waals surface area contributed by atoms with E-state index in [9.17, 15) is 4.79 Å². The number of fused-ring (bicyclic) bond motifs is 2. The summed E-state index contributed by atoms with van der Waals surface area (Å²) in [5.41, 5.74) is 2.54. The summed E-state index contributed by atoms with van der Waals surface area (Å²) >= 11 is 5.26. The molecule has 0 spiro atoms. The Morgan fingerprint density at radius 1 is 1.03 bits per heavy atom. The number of thioether (sulfide) groups is 1. The van der Waals surface area contributed by atoms with Gasteiger partial charge in [-0.05, 0) is 51.7 Å². The number of hydrazone groups is 1. The quantitative estimate of drug-likeness (QED) is 0.342. The van der Waals surface area contributed by atoms with E-state index in [0.29, 0.717) is 17.5 Å². The summed E-state index contributed by atoms with van der Waals surface area (Å²) in [7, 11) is 0. The highest BCUT2D eigenvalue weighted by molar-refractivity contribution is 9.10. The Morgan fingerprint density at radius 3 is 2.65 bits per heavy atom. The first-order valence-electron chi connectivity index (χ1n) is 12.6. The largest absolute Gasteiger partial charge is 0.488 e. The summed E-state index contributed by atoms with van der Waals surface area (Å²) in [6, 6.07) is 23.7. The number of nitrogens with one attached hydrogen (secondary N) is 1. The van der Waals surface area contributed by atoms with Crippen molar-refractivity contribution in [2.75, 3.05) is 5.75 Å². The highest BCUT2D eigenvalue weighted by atomic mass is 79.9. The van der Waals surface area contributed by atoms with E-state index in [4.69, 9.17) is 14.8 Å². The SMILES string of the molecule is CCCCCCSC1=NN2C(=c3ccccc3=N[C@@H]2c2ccc(OCc3ccccc3)c(Br)c2)C(=O)N1. The Morgan fingerprint density at radius 2 is 1.84 bits per heavy atom. The van der Waals surface area contributed by atoms with Crippen molar-refractivity contribution in [2.45, 2.75) is 45.4 Å². The lowest BCUT2D eigenvalue weighted by Crippen LogP contribution is -2.50. The second kappa shape index (κ2) is 12.0. The minimum atomic E-state index is -0.467. The van der Waals surface area contributed by atoms with Crippen LogP contribution >= 0.6 is 27.7 Å². The van der Waals surface area contributed by atoms with Crippen molar-refractivity contribution < 1.29 is 9.53 Å². The molecule has 190 valence electrons. The van der Waals surface area contributed by atoms with Gasteiger partial charge in [-0.15, -0.1) is 5.10 Å². The molecule has 0 fully saturated rings. The van der Waals surface area contributed by atoms with Crippen LogP contribution in [0.15, 0.2) is 87.4 Å². The molecule has 3 aromatic carbocycles. The number of hydrogen-bond donors (Lipinski definition) is 1. The predicted octanol–water partition coefficient (Wildman–Crippen LogP) is 5.48. The summed E-state index contributed by atoms with van der Waals surface area (Å²) in [4.78, 5) is 18.3. The van der Waals surface area contributed by atoms with Crippen LogP contribution in [0.3, 0.4) is 0 Å². The van der Waals surface area contributed by atoms with Gasteiger partial charge in [0.2, 0.25) is 0 Å². The van der Waals surface area contributed by atoms with Crippen LogP contribution in [0.25, 0.3) is 5.70 Å². The van der Waals surface area contributed by atoms with E-state index in [1.54, 1.807) is 16.8 Å². The third-order valence-corrected chi connectivity index (χ3v) is 7.81. The fourth-order valence-electron chi connectivity index (χ4n) is 4.34. The number of para-hydroxylation sites is 1. The molecule has 5 rings (SSSR count). The highest BCUT2D eigenvalue weighted by Crippen LogP contribution is 2.35. The molecular formula is C29H29BrN4O2S. The first-order valence-corrected chi connectivity index (χ1v) is 14.4. The van der Waals surface area contributed by atoms with Gasteiger partial charge in [-0.1, -0.05) is 92.5 Å². The van der Waals surface area contributed by atoms with Gasteiger partial charge in [0.05, 0.1) is 9.83 Å². The lowest BCUT2D eigenvalue weighted by Gasteiger charge is -2.34. The first-order chi connectivity index (χ1) is 18.1. The van der Waals surface area contributed by atoms with Gasteiger partial charge in [0.15, 0.2) is 11.3 Å². The molecule has 2 aliphatic rings.